The van der Waals surface area contributed by atoms with E-state index >= 15 is 0 Å². The fourth-order valence-electron chi connectivity index (χ4n) is 3.14. The number of nitrogens with one attached hydrogen (secondary N) is 1. The van der Waals surface area contributed by atoms with Crippen LogP contribution in [0, 0.1) is 25.2 Å². The van der Waals surface area contributed by atoms with Crippen LogP contribution in [0.4, 0.5) is 0 Å². The van der Waals surface area contributed by atoms with Gasteiger partial charge in [0.1, 0.15) is 0 Å². The number of nitrogens with zero attached hydrogens (tertiary/aromatic N) is 1. The molecule has 0 amide bonds. The minimum Gasteiger partial charge on any atom is -0.354 e. The van der Waals surface area contributed by atoms with Crippen molar-refractivity contribution in [3.05, 3.63) is 69.9 Å². The van der Waals surface area contributed by atoms with Gasteiger partial charge < -0.3 is 4.98 Å². The van der Waals surface area contributed by atoms with E-state index in [1.165, 1.54) is 27.6 Å². The maximum absolute atomic E-state index is 9.03. The van der Waals surface area contributed by atoms with Gasteiger partial charge in [0, 0.05) is 27.5 Å². The quantitative estimate of drug-likeness (QED) is 0.478. The maximum Gasteiger partial charge on any atom is 0.0991 e. The number of aromatic nitrogens is 1. The smallest absolute Gasteiger partial charge is 0.0991 e. The molecule has 4 aromatic rings. The average Bonchev–Trinajstić information content (AvgIpc) is 3.19. The molecule has 0 unspecified atom stereocenters. The van der Waals surface area contributed by atoms with Crippen LogP contribution in [-0.4, -0.2) is 4.98 Å². The lowest BCUT2D eigenvalue weighted by Gasteiger charge is -2.06. The first-order valence-corrected chi connectivity index (χ1v) is 8.77. The Balaban J connectivity index is 1.82. The van der Waals surface area contributed by atoms with Gasteiger partial charge in [0.15, 0.2) is 0 Å². The van der Waals surface area contributed by atoms with Gasteiger partial charge in [0.25, 0.3) is 0 Å². The summed E-state index contributed by atoms with van der Waals surface area (Å²) >= 11 is 1.73. The first kappa shape index (κ1) is 14.7. The second-order valence-corrected chi connectivity index (χ2v) is 6.84. The van der Waals surface area contributed by atoms with Crippen molar-refractivity contribution >= 4 is 22.2 Å². The van der Waals surface area contributed by atoms with Crippen LogP contribution >= 0.6 is 11.3 Å². The van der Waals surface area contributed by atoms with Gasteiger partial charge in [0.05, 0.1) is 11.6 Å². The van der Waals surface area contributed by atoms with Crippen molar-refractivity contribution in [1.82, 2.24) is 4.98 Å². The third kappa shape index (κ3) is 2.42. The number of benzene rings is 2. The molecular formula is C21H16N2S. The van der Waals surface area contributed by atoms with E-state index in [1.807, 2.05) is 18.2 Å². The summed E-state index contributed by atoms with van der Waals surface area (Å²) in [5, 5.41) is 14.6. The monoisotopic (exact) mass is 328 g/mol. The van der Waals surface area contributed by atoms with E-state index in [0.717, 1.165) is 16.8 Å². The zero-order valence-corrected chi connectivity index (χ0v) is 14.4. The Morgan fingerprint density at radius 2 is 1.79 bits per heavy atom. The summed E-state index contributed by atoms with van der Waals surface area (Å²) in [5.74, 6) is 0. The third-order valence-electron chi connectivity index (χ3n) is 4.43. The molecule has 116 valence electrons. The van der Waals surface area contributed by atoms with E-state index in [-0.39, 0.29) is 0 Å². The number of hydrogen-bond donors (Lipinski definition) is 1. The van der Waals surface area contributed by atoms with E-state index in [1.54, 1.807) is 11.3 Å². The fraction of sp³-hybridized carbons (Fsp3) is 0.0952. The van der Waals surface area contributed by atoms with Gasteiger partial charge in [-0.25, -0.2) is 0 Å². The van der Waals surface area contributed by atoms with Crippen molar-refractivity contribution in [3.8, 4) is 28.5 Å². The number of aryl methyl sites for hydroxylation is 2. The summed E-state index contributed by atoms with van der Waals surface area (Å²) in [6.07, 6.45) is 0. The molecule has 0 bridgehead atoms. The highest BCUT2D eigenvalue weighted by Crippen LogP contribution is 2.32. The summed E-state index contributed by atoms with van der Waals surface area (Å²) in [6, 6.07) is 16.7. The molecule has 2 aromatic carbocycles. The van der Waals surface area contributed by atoms with Gasteiger partial charge in [-0.15, -0.1) is 0 Å². The molecule has 0 radical (unpaired) electrons. The molecule has 0 atom stereocenters. The Morgan fingerprint density at radius 3 is 2.50 bits per heavy atom. The second-order valence-electron chi connectivity index (χ2n) is 6.10. The lowest BCUT2D eigenvalue weighted by molar-refractivity contribution is 1.41. The molecule has 0 fully saturated rings. The number of rotatable bonds is 2. The number of fused-ring (bicyclic) bond motifs is 1. The van der Waals surface area contributed by atoms with Crippen molar-refractivity contribution in [3.63, 3.8) is 0 Å². The van der Waals surface area contributed by atoms with Crippen molar-refractivity contribution in [2.75, 3.05) is 0 Å². The van der Waals surface area contributed by atoms with Crippen molar-refractivity contribution in [1.29, 1.82) is 5.26 Å². The van der Waals surface area contributed by atoms with Crippen LogP contribution in [0.1, 0.15) is 16.7 Å². The molecular weight excluding hydrogens is 312 g/mol. The van der Waals surface area contributed by atoms with E-state index in [9.17, 15) is 0 Å². The molecule has 0 aliphatic carbocycles. The predicted molar refractivity (Wildman–Crippen MR) is 101 cm³/mol. The summed E-state index contributed by atoms with van der Waals surface area (Å²) in [6.45, 7) is 4.19. The van der Waals surface area contributed by atoms with E-state index in [0.29, 0.717) is 5.56 Å². The first-order chi connectivity index (χ1) is 11.7. The molecule has 0 spiro atoms. The maximum atomic E-state index is 9.03. The standard InChI is InChI=1S/C21H16N2S/c1-13-7-15(10-22)3-5-18(13)16-4-6-20-17(8-16)9-21(23-20)19-12-24-11-14(19)2/h3-9,11-12,23H,1-2H3. The number of aromatic amines is 1. The van der Waals surface area contributed by atoms with Crippen LogP contribution in [0.15, 0.2) is 53.2 Å². The number of H-pyrrole nitrogens is 1. The predicted octanol–water partition coefficient (Wildman–Crippen LogP) is 6.05. The Kier molecular flexibility index (Phi) is 3.48. The fourth-order valence-corrected chi connectivity index (χ4v) is 3.99. The summed E-state index contributed by atoms with van der Waals surface area (Å²) < 4.78 is 0. The molecule has 0 saturated heterocycles. The second kappa shape index (κ2) is 5.67. The van der Waals surface area contributed by atoms with Crippen LogP contribution in [-0.2, 0) is 0 Å². The normalized spacial score (nSPS) is 10.9. The first-order valence-electron chi connectivity index (χ1n) is 7.83. The van der Waals surface area contributed by atoms with E-state index in [2.05, 4.69) is 59.9 Å². The molecule has 4 rings (SSSR count). The van der Waals surface area contributed by atoms with Crippen molar-refractivity contribution in [2.24, 2.45) is 0 Å². The minimum atomic E-state index is 0.703. The molecule has 24 heavy (non-hydrogen) atoms. The van der Waals surface area contributed by atoms with Crippen LogP contribution in [0.2, 0.25) is 0 Å². The number of thiophene rings is 1. The van der Waals surface area contributed by atoms with Crippen LogP contribution < -0.4 is 0 Å². The third-order valence-corrected chi connectivity index (χ3v) is 5.29. The highest BCUT2D eigenvalue weighted by Gasteiger charge is 2.09. The Bertz CT molecular complexity index is 1090. The SMILES string of the molecule is Cc1cc(C#N)ccc1-c1ccc2[nH]c(-c3cscc3C)cc2c1. The summed E-state index contributed by atoms with van der Waals surface area (Å²) in [7, 11) is 0. The summed E-state index contributed by atoms with van der Waals surface area (Å²) in [5.41, 5.74) is 9.06. The number of hydrogen-bond acceptors (Lipinski definition) is 2. The molecule has 0 aliphatic heterocycles. The lowest BCUT2D eigenvalue weighted by Crippen LogP contribution is -1.85. The molecule has 3 heteroatoms. The number of nitriles is 1. The van der Waals surface area contributed by atoms with Crippen LogP contribution in [0.5, 0.6) is 0 Å². The van der Waals surface area contributed by atoms with Crippen molar-refractivity contribution in [2.45, 2.75) is 13.8 Å². The highest BCUT2D eigenvalue weighted by atomic mass is 32.1. The topological polar surface area (TPSA) is 39.6 Å². The van der Waals surface area contributed by atoms with Gasteiger partial charge in [0.2, 0.25) is 0 Å². The lowest BCUT2D eigenvalue weighted by atomic mass is 9.98. The van der Waals surface area contributed by atoms with Crippen molar-refractivity contribution < 1.29 is 0 Å². The van der Waals surface area contributed by atoms with Gasteiger partial charge in [-0.05, 0) is 71.8 Å². The van der Waals surface area contributed by atoms with Gasteiger partial charge in [-0.1, -0.05) is 12.1 Å². The molecule has 2 aromatic heterocycles. The molecule has 0 saturated carbocycles. The Hall–Kier alpha value is -2.83. The van der Waals surface area contributed by atoms with Crippen LogP contribution in [0.25, 0.3) is 33.3 Å². The molecule has 2 heterocycles. The highest BCUT2D eigenvalue weighted by molar-refractivity contribution is 7.08. The van der Waals surface area contributed by atoms with Gasteiger partial charge in [-0.2, -0.15) is 16.6 Å². The Morgan fingerprint density at radius 1 is 0.917 bits per heavy atom. The van der Waals surface area contributed by atoms with E-state index in [4.69, 9.17) is 5.26 Å². The molecule has 2 nitrogen and oxygen atoms in total. The average molecular weight is 328 g/mol. The zero-order chi connectivity index (χ0) is 16.7. The van der Waals surface area contributed by atoms with Gasteiger partial charge >= 0.3 is 0 Å². The van der Waals surface area contributed by atoms with E-state index < -0.39 is 0 Å². The minimum absolute atomic E-state index is 0.703. The Labute approximate surface area is 145 Å². The molecule has 0 aliphatic rings. The zero-order valence-electron chi connectivity index (χ0n) is 13.6. The molecule has 1 N–H and O–H groups in total. The van der Waals surface area contributed by atoms with Gasteiger partial charge in [-0.3, -0.25) is 0 Å². The van der Waals surface area contributed by atoms with Crippen LogP contribution in [0.3, 0.4) is 0 Å². The summed E-state index contributed by atoms with van der Waals surface area (Å²) in [4.78, 5) is 3.51. The largest absolute Gasteiger partial charge is 0.354 e.